The minimum Gasteiger partial charge on any atom is -0.272 e. The summed E-state index contributed by atoms with van der Waals surface area (Å²) in [5, 5.41) is 7.56. The number of rotatable bonds is 1. The van der Waals surface area contributed by atoms with Crippen LogP contribution < -0.4 is 10.9 Å². The zero-order chi connectivity index (χ0) is 11.0. The van der Waals surface area contributed by atoms with E-state index in [-0.39, 0.29) is 11.8 Å². The Morgan fingerprint density at radius 2 is 1.93 bits per heavy atom. The molecule has 0 radical (unpaired) electrons. The highest BCUT2D eigenvalue weighted by molar-refractivity contribution is 6.25. The van der Waals surface area contributed by atoms with E-state index in [1.165, 1.54) is 0 Å². The Kier molecular flexibility index (Phi) is 2.11. The molecule has 15 heavy (non-hydrogen) atoms. The van der Waals surface area contributed by atoms with Crippen molar-refractivity contribution in [3.05, 3.63) is 11.6 Å². The van der Waals surface area contributed by atoms with Crippen molar-refractivity contribution in [2.75, 3.05) is 0 Å². The zero-order valence-corrected chi connectivity index (χ0v) is 8.37. The van der Waals surface area contributed by atoms with Crippen LogP contribution in [0.4, 0.5) is 0 Å². The van der Waals surface area contributed by atoms with Crippen LogP contribution in [0.25, 0.3) is 0 Å². The van der Waals surface area contributed by atoms with Gasteiger partial charge in [0.2, 0.25) is 0 Å². The Bertz CT molecular complexity index is 433. The number of amides is 2. The molecule has 0 aromatic heterocycles. The average Bonchev–Trinajstić information content (AvgIpc) is 2.67. The largest absolute Gasteiger partial charge is 0.272 e. The minimum absolute atomic E-state index is 0.215. The number of carbonyl (C=O) groups is 2. The smallest absolute Gasteiger partial charge is 0.272 e. The molecule has 0 bridgehead atoms. The van der Waals surface area contributed by atoms with Crippen LogP contribution in [0.1, 0.15) is 13.8 Å². The molecular formula is C9H10N4O2. The third kappa shape index (κ3) is 1.54. The van der Waals surface area contributed by atoms with Gasteiger partial charge in [0.05, 0.1) is 22.9 Å². The first-order chi connectivity index (χ1) is 7.09. The number of hydrogen-bond acceptors (Lipinski definition) is 4. The average molecular weight is 206 g/mol. The SMILES string of the molecule is CC1=NNC(=O)/C1=C/C1C(=O)NN=C1C. The fourth-order valence-corrected chi connectivity index (χ4v) is 1.45. The van der Waals surface area contributed by atoms with Crippen molar-refractivity contribution in [1.82, 2.24) is 10.9 Å². The van der Waals surface area contributed by atoms with Crippen LogP contribution in [0.2, 0.25) is 0 Å². The summed E-state index contributed by atoms with van der Waals surface area (Å²) >= 11 is 0. The van der Waals surface area contributed by atoms with Crippen molar-refractivity contribution in [3.8, 4) is 0 Å². The first kappa shape index (κ1) is 9.57. The van der Waals surface area contributed by atoms with Crippen LogP contribution in [0, 0.1) is 5.92 Å². The number of carbonyl (C=O) groups excluding carboxylic acids is 2. The predicted molar refractivity (Wildman–Crippen MR) is 54.1 cm³/mol. The van der Waals surface area contributed by atoms with Crippen molar-refractivity contribution in [2.24, 2.45) is 16.1 Å². The van der Waals surface area contributed by atoms with Gasteiger partial charge in [0.25, 0.3) is 11.8 Å². The summed E-state index contributed by atoms with van der Waals surface area (Å²) in [6.07, 6.45) is 1.59. The Balaban J connectivity index is 2.30. The summed E-state index contributed by atoms with van der Waals surface area (Å²) in [6.45, 7) is 3.45. The van der Waals surface area contributed by atoms with Gasteiger partial charge in [-0.25, -0.2) is 10.9 Å². The van der Waals surface area contributed by atoms with Gasteiger partial charge in [0, 0.05) is 0 Å². The number of hydrazone groups is 2. The molecule has 2 N–H and O–H groups in total. The van der Waals surface area contributed by atoms with Gasteiger partial charge >= 0.3 is 0 Å². The maximum Gasteiger partial charge on any atom is 0.272 e. The van der Waals surface area contributed by atoms with Crippen LogP contribution in [0.5, 0.6) is 0 Å². The van der Waals surface area contributed by atoms with E-state index in [2.05, 4.69) is 21.1 Å². The summed E-state index contributed by atoms with van der Waals surface area (Å²) < 4.78 is 0. The number of nitrogens with zero attached hydrogens (tertiary/aromatic N) is 2. The number of nitrogens with one attached hydrogen (secondary N) is 2. The molecule has 2 rings (SSSR count). The molecule has 6 nitrogen and oxygen atoms in total. The van der Waals surface area contributed by atoms with E-state index < -0.39 is 5.92 Å². The van der Waals surface area contributed by atoms with Gasteiger partial charge in [-0.15, -0.1) is 0 Å². The lowest BCUT2D eigenvalue weighted by molar-refractivity contribution is -0.121. The van der Waals surface area contributed by atoms with Gasteiger partial charge in [-0.05, 0) is 13.8 Å². The zero-order valence-electron chi connectivity index (χ0n) is 8.37. The molecule has 0 saturated carbocycles. The molecule has 1 unspecified atom stereocenters. The molecule has 2 aliphatic rings. The predicted octanol–water partition coefficient (Wildman–Crippen LogP) is -0.460. The highest BCUT2D eigenvalue weighted by atomic mass is 16.2. The molecule has 0 aromatic carbocycles. The second-order valence-corrected chi connectivity index (χ2v) is 3.43. The molecule has 78 valence electrons. The molecule has 0 spiro atoms. The van der Waals surface area contributed by atoms with E-state index in [0.29, 0.717) is 17.0 Å². The Labute approximate surface area is 86.1 Å². The van der Waals surface area contributed by atoms with E-state index in [0.717, 1.165) is 0 Å². The van der Waals surface area contributed by atoms with Gasteiger partial charge < -0.3 is 0 Å². The second-order valence-electron chi connectivity index (χ2n) is 3.43. The van der Waals surface area contributed by atoms with E-state index in [4.69, 9.17) is 0 Å². The molecule has 0 fully saturated rings. The van der Waals surface area contributed by atoms with Crippen molar-refractivity contribution in [2.45, 2.75) is 13.8 Å². The van der Waals surface area contributed by atoms with Crippen molar-refractivity contribution >= 4 is 23.2 Å². The third-order valence-corrected chi connectivity index (χ3v) is 2.37. The van der Waals surface area contributed by atoms with Crippen molar-refractivity contribution in [3.63, 3.8) is 0 Å². The molecule has 6 heteroatoms. The summed E-state index contributed by atoms with van der Waals surface area (Å²) in [4.78, 5) is 22.7. The highest BCUT2D eigenvalue weighted by Gasteiger charge is 2.28. The summed E-state index contributed by atoms with van der Waals surface area (Å²) in [7, 11) is 0. The third-order valence-electron chi connectivity index (χ3n) is 2.37. The molecule has 1 atom stereocenters. The highest BCUT2D eigenvalue weighted by Crippen LogP contribution is 2.14. The molecule has 0 aromatic rings. The fraction of sp³-hybridized carbons (Fsp3) is 0.333. The molecule has 2 aliphatic heterocycles. The standard InChI is InChI=1S/C9H10N4O2/c1-4-6(8(14)12-10-4)3-7-5(2)11-13-9(7)15/h3,6H,1-2H3,(H,12,14)(H,13,15)/b7-3+. The van der Waals surface area contributed by atoms with Gasteiger partial charge in [0.1, 0.15) is 0 Å². The van der Waals surface area contributed by atoms with Gasteiger partial charge in [-0.3, -0.25) is 9.59 Å². The van der Waals surface area contributed by atoms with Crippen LogP contribution in [0.15, 0.2) is 21.9 Å². The Hall–Kier alpha value is -1.98. The summed E-state index contributed by atoms with van der Waals surface area (Å²) in [5.74, 6) is -0.957. The first-order valence-corrected chi connectivity index (χ1v) is 4.50. The van der Waals surface area contributed by atoms with Gasteiger partial charge in [-0.1, -0.05) is 6.08 Å². The normalized spacial score (nSPS) is 27.6. The fourth-order valence-electron chi connectivity index (χ4n) is 1.45. The van der Waals surface area contributed by atoms with Crippen LogP contribution in [0.3, 0.4) is 0 Å². The summed E-state index contributed by atoms with van der Waals surface area (Å²) in [5.41, 5.74) is 6.37. The topological polar surface area (TPSA) is 82.9 Å². The van der Waals surface area contributed by atoms with Crippen LogP contribution in [-0.2, 0) is 9.59 Å². The quantitative estimate of drug-likeness (QED) is 0.569. The molecule has 0 saturated heterocycles. The number of hydrogen-bond donors (Lipinski definition) is 2. The van der Waals surface area contributed by atoms with Crippen LogP contribution >= 0.6 is 0 Å². The lowest BCUT2D eigenvalue weighted by Crippen LogP contribution is -2.22. The van der Waals surface area contributed by atoms with E-state index >= 15 is 0 Å². The monoisotopic (exact) mass is 206 g/mol. The van der Waals surface area contributed by atoms with E-state index in [1.807, 2.05) is 0 Å². The van der Waals surface area contributed by atoms with Gasteiger partial charge in [0.15, 0.2) is 0 Å². The lowest BCUT2D eigenvalue weighted by atomic mass is 9.99. The van der Waals surface area contributed by atoms with E-state index in [1.54, 1.807) is 19.9 Å². The molecule has 0 aliphatic carbocycles. The van der Waals surface area contributed by atoms with E-state index in [9.17, 15) is 9.59 Å². The Morgan fingerprint density at radius 1 is 1.20 bits per heavy atom. The minimum atomic E-state index is -0.464. The second kappa shape index (κ2) is 3.30. The van der Waals surface area contributed by atoms with Crippen molar-refractivity contribution in [1.29, 1.82) is 0 Å². The van der Waals surface area contributed by atoms with Crippen molar-refractivity contribution < 1.29 is 9.59 Å². The van der Waals surface area contributed by atoms with Gasteiger partial charge in [-0.2, -0.15) is 10.2 Å². The maximum absolute atomic E-state index is 11.3. The summed E-state index contributed by atoms with van der Waals surface area (Å²) in [6, 6.07) is 0. The van der Waals surface area contributed by atoms with Crippen LogP contribution in [-0.4, -0.2) is 23.2 Å². The molecule has 2 amide bonds. The molecular weight excluding hydrogens is 196 g/mol. The lowest BCUT2D eigenvalue weighted by Gasteiger charge is -2.02. The molecule has 2 heterocycles. The first-order valence-electron chi connectivity index (χ1n) is 4.50. The maximum atomic E-state index is 11.3. The Morgan fingerprint density at radius 3 is 2.40 bits per heavy atom.